The summed E-state index contributed by atoms with van der Waals surface area (Å²) in [4.78, 5) is 0. The smallest absolute Gasteiger partial charge is 0.126 e. The van der Waals surface area contributed by atoms with Gasteiger partial charge in [0.2, 0.25) is 0 Å². The van der Waals surface area contributed by atoms with Crippen molar-refractivity contribution in [1.82, 2.24) is 5.32 Å². The normalized spacial score (nSPS) is 30.4. The maximum absolute atomic E-state index is 13.5. The first-order valence-electron chi connectivity index (χ1n) is 8.13. The van der Waals surface area contributed by atoms with E-state index < -0.39 is 0 Å². The monoisotopic (exact) mass is 275 g/mol. The molecule has 3 atom stereocenters. The summed E-state index contributed by atoms with van der Waals surface area (Å²) in [6.07, 6.45) is 6.60. The van der Waals surface area contributed by atoms with Crippen molar-refractivity contribution in [3.05, 3.63) is 35.1 Å². The summed E-state index contributed by atoms with van der Waals surface area (Å²) in [6, 6.07) is 6.51. The molecule has 0 spiro atoms. The van der Waals surface area contributed by atoms with Gasteiger partial charge in [0.25, 0.3) is 0 Å². The topological polar surface area (TPSA) is 12.0 Å². The molecule has 2 fully saturated rings. The Morgan fingerprint density at radius 3 is 2.70 bits per heavy atom. The molecule has 0 aliphatic heterocycles. The fourth-order valence-corrected chi connectivity index (χ4v) is 3.60. The number of hydrogen-bond acceptors (Lipinski definition) is 1. The van der Waals surface area contributed by atoms with Crippen LogP contribution >= 0.6 is 0 Å². The summed E-state index contributed by atoms with van der Waals surface area (Å²) in [5, 5.41) is 3.69. The largest absolute Gasteiger partial charge is 0.314 e. The van der Waals surface area contributed by atoms with Crippen molar-refractivity contribution < 1.29 is 4.39 Å². The van der Waals surface area contributed by atoms with E-state index >= 15 is 0 Å². The molecular weight excluding hydrogens is 249 g/mol. The zero-order chi connectivity index (χ0) is 14.1. The highest BCUT2D eigenvalue weighted by Gasteiger charge is 2.31. The van der Waals surface area contributed by atoms with Crippen LogP contribution < -0.4 is 5.32 Å². The molecule has 0 aromatic heterocycles. The molecule has 2 heteroatoms. The molecule has 3 rings (SSSR count). The van der Waals surface area contributed by atoms with E-state index in [1.54, 1.807) is 6.07 Å². The van der Waals surface area contributed by atoms with Gasteiger partial charge >= 0.3 is 0 Å². The van der Waals surface area contributed by atoms with Gasteiger partial charge in [-0.25, -0.2) is 4.39 Å². The van der Waals surface area contributed by atoms with E-state index in [0.717, 1.165) is 30.0 Å². The van der Waals surface area contributed by atoms with Crippen LogP contribution in [0.2, 0.25) is 0 Å². The van der Waals surface area contributed by atoms with Crippen LogP contribution in [0.1, 0.15) is 56.1 Å². The molecule has 0 saturated heterocycles. The predicted molar refractivity (Wildman–Crippen MR) is 81.4 cm³/mol. The van der Waals surface area contributed by atoms with E-state index in [0.29, 0.717) is 5.92 Å². The van der Waals surface area contributed by atoms with Gasteiger partial charge in [-0.3, -0.25) is 0 Å². The van der Waals surface area contributed by atoms with Gasteiger partial charge in [0.15, 0.2) is 0 Å². The van der Waals surface area contributed by atoms with Crippen molar-refractivity contribution >= 4 is 0 Å². The first-order chi connectivity index (χ1) is 9.63. The van der Waals surface area contributed by atoms with E-state index in [-0.39, 0.29) is 5.82 Å². The SMILES string of the molecule is Cc1cc(C2CC(C)CCC2CNC2CC2)ccc1F. The number of aryl methyl sites for hydroxylation is 1. The molecular formula is C18H26FN. The zero-order valence-corrected chi connectivity index (χ0v) is 12.7. The summed E-state index contributed by atoms with van der Waals surface area (Å²) in [5.41, 5.74) is 2.13. The lowest BCUT2D eigenvalue weighted by Gasteiger charge is -2.35. The molecule has 0 radical (unpaired) electrons. The van der Waals surface area contributed by atoms with Gasteiger partial charge < -0.3 is 5.32 Å². The maximum Gasteiger partial charge on any atom is 0.126 e. The quantitative estimate of drug-likeness (QED) is 0.858. The summed E-state index contributed by atoms with van der Waals surface area (Å²) in [5.74, 6) is 2.04. The molecule has 1 N–H and O–H groups in total. The van der Waals surface area contributed by atoms with Gasteiger partial charge in [0.1, 0.15) is 5.82 Å². The van der Waals surface area contributed by atoms with Gasteiger partial charge in [-0.15, -0.1) is 0 Å². The number of halogens is 1. The molecule has 2 aliphatic rings. The summed E-state index contributed by atoms with van der Waals surface area (Å²) in [7, 11) is 0. The van der Waals surface area contributed by atoms with Crippen LogP contribution in [-0.4, -0.2) is 12.6 Å². The Kier molecular flexibility index (Phi) is 4.11. The van der Waals surface area contributed by atoms with Crippen LogP contribution in [0, 0.1) is 24.6 Å². The highest BCUT2D eigenvalue weighted by molar-refractivity contribution is 5.28. The van der Waals surface area contributed by atoms with E-state index in [4.69, 9.17) is 0 Å². The molecule has 110 valence electrons. The minimum absolute atomic E-state index is 0.0785. The average Bonchev–Trinajstić information content (AvgIpc) is 3.24. The van der Waals surface area contributed by atoms with Crippen LogP contribution in [0.3, 0.4) is 0 Å². The van der Waals surface area contributed by atoms with Crippen molar-refractivity contribution in [2.45, 2.75) is 57.9 Å². The molecule has 0 heterocycles. The third kappa shape index (κ3) is 3.22. The van der Waals surface area contributed by atoms with Crippen molar-refractivity contribution in [1.29, 1.82) is 0 Å². The average molecular weight is 275 g/mol. The minimum atomic E-state index is -0.0785. The minimum Gasteiger partial charge on any atom is -0.314 e. The number of hydrogen-bond donors (Lipinski definition) is 1. The molecule has 1 nitrogen and oxygen atoms in total. The Morgan fingerprint density at radius 1 is 1.20 bits per heavy atom. The van der Waals surface area contributed by atoms with E-state index in [2.05, 4.69) is 18.3 Å². The second-order valence-electron chi connectivity index (χ2n) is 6.98. The summed E-state index contributed by atoms with van der Waals surface area (Å²) in [6.45, 7) is 5.37. The lowest BCUT2D eigenvalue weighted by molar-refractivity contribution is 0.241. The summed E-state index contributed by atoms with van der Waals surface area (Å²) < 4.78 is 13.5. The van der Waals surface area contributed by atoms with E-state index in [1.165, 1.54) is 37.7 Å². The zero-order valence-electron chi connectivity index (χ0n) is 12.7. The van der Waals surface area contributed by atoms with Crippen LogP contribution in [0.4, 0.5) is 4.39 Å². The van der Waals surface area contributed by atoms with Crippen LogP contribution in [0.5, 0.6) is 0 Å². The Morgan fingerprint density at radius 2 is 2.00 bits per heavy atom. The van der Waals surface area contributed by atoms with Crippen LogP contribution in [0.25, 0.3) is 0 Å². The first kappa shape index (κ1) is 14.1. The van der Waals surface area contributed by atoms with E-state index in [9.17, 15) is 4.39 Å². The second kappa shape index (κ2) is 5.85. The maximum atomic E-state index is 13.5. The third-order valence-electron chi connectivity index (χ3n) is 5.11. The first-order valence-corrected chi connectivity index (χ1v) is 8.13. The lowest BCUT2D eigenvalue weighted by atomic mass is 9.71. The Hall–Kier alpha value is -0.890. The second-order valence-corrected chi connectivity index (χ2v) is 6.98. The molecule has 2 aliphatic carbocycles. The molecule has 2 saturated carbocycles. The van der Waals surface area contributed by atoms with Crippen molar-refractivity contribution in [3.8, 4) is 0 Å². The van der Waals surface area contributed by atoms with Crippen molar-refractivity contribution in [2.75, 3.05) is 6.54 Å². The Balaban J connectivity index is 1.75. The molecule has 0 bridgehead atoms. The highest BCUT2D eigenvalue weighted by atomic mass is 19.1. The lowest BCUT2D eigenvalue weighted by Crippen LogP contribution is -2.32. The molecule has 1 aromatic rings. The Labute approximate surface area is 122 Å². The van der Waals surface area contributed by atoms with Gasteiger partial charge in [0, 0.05) is 6.04 Å². The number of benzene rings is 1. The van der Waals surface area contributed by atoms with Gasteiger partial charge in [0.05, 0.1) is 0 Å². The van der Waals surface area contributed by atoms with Crippen molar-refractivity contribution in [3.63, 3.8) is 0 Å². The number of rotatable bonds is 4. The standard InChI is InChI=1S/C18H26FN/c1-12-3-4-15(11-20-16-6-7-16)17(9-12)14-5-8-18(19)13(2)10-14/h5,8,10,12,15-17,20H,3-4,6-7,9,11H2,1-2H3. The molecule has 3 unspecified atom stereocenters. The van der Waals surface area contributed by atoms with Gasteiger partial charge in [-0.05, 0) is 74.1 Å². The highest BCUT2D eigenvalue weighted by Crippen LogP contribution is 2.41. The van der Waals surface area contributed by atoms with Gasteiger partial charge in [-0.2, -0.15) is 0 Å². The van der Waals surface area contributed by atoms with Crippen molar-refractivity contribution in [2.24, 2.45) is 11.8 Å². The summed E-state index contributed by atoms with van der Waals surface area (Å²) >= 11 is 0. The van der Waals surface area contributed by atoms with Crippen LogP contribution in [-0.2, 0) is 0 Å². The molecule has 0 amide bonds. The fourth-order valence-electron chi connectivity index (χ4n) is 3.60. The fraction of sp³-hybridized carbons (Fsp3) is 0.667. The number of nitrogens with one attached hydrogen (secondary N) is 1. The predicted octanol–water partition coefficient (Wildman–Crippen LogP) is 4.41. The third-order valence-corrected chi connectivity index (χ3v) is 5.11. The van der Waals surface area contributed by atoms with E-state index in [1.807, 2.05) is 13.0 Å². The Bertz CT molecular complexity index is 466. The van der Waals surface area contributed by atoms with Gasteiger partial charge in [-0.1, -0.05) is 25.5 Å². The van der Waals surface area contributed by atoms with Crippen LogP contribution in [0.15, 0.2) is 18.2 Å². The molecule has 20 heavy (non-hydrogen) atoms. The molecule has 1 aromatic carbocycles.